The summed E-state index contributed by atoms with van der Waals surface area (Å²) in [6, 6.07) is 8.75. The third-order valence-corrected chi connectivity index (χ3v) is 1.47. The SMILES string of the molecule is [2H][Ge]([2H])([2H])[c]1ccccc1. The molecule has 0 N–H and O–H groups in total. The van der Waals surface area contributed by atoms with Crippen LogP contribution in [0.1, 0.15) is 0 Å². The Morgan fingerprint density at radius 1 is 1.29 bits per heavy atom. The Hall–Kier alpha value is -0.237. The third kappa shape index (κ3) is 1.35. The van der Waals surface area contributed by atoms with E-state index in [0.29, 0.717) is 4.40 Å². The van der Waals surface area contributed by atoms with Gasteiger partial charge in [0.1, 0.15) is 0 Å². The van der Waals surface area contributed by atoms with Crippen LogP contribution in [-0.2, 0) is 0 Å². The topological polar surface area (TPSA) is 0 Å². The zero-order valence-corrected chi connectivity index (χ0v) is 5.98. The van der Waals surface area contributed by atoms with Gasteiger partial charge in [-0.3, -0.25) is 0 Å². The first-order valence-electron chi connectivity index (χ1n) is 3.66. The van der Waals surface area contributed by atoms with Crippen molar-refractivity contribution in [3.8, 4) is 0 Å². The van der Waals surface area contributed by atoms with Gasteiger partial charge in [-0.15, -0.1) is 0 Å². The molecule has 0 spiro atoms. The Morgan fingerprint density at radius 3 is 2.43 bits per heavy atom. The van der Waals surface area contributed by atoms with Crippen LogP contribution in [0.15, 0.2) is 30.3 Å². The standard InChI is InChI=1S/C6H8Ge/c7-6-4-2-1-3-5-6/h1-5H,7H3/i7D3. The quantitative estimate of drug-likeness (QED) is 0.488. The van der Waals surface area contributed by atoms with Gasteiger partial charge in [0, 0.05) is 0 Å². The van der Waals surface area contributed by atoms with Crippen LogP contribution in [0.25, 0.3) is 0 Å². The fourth-order valence-corrected chi connectivity index (χ4v) is 0.842. The molecule has 1 heteroatoms. The molecule has 0 atom stereocenters. The van der Waals surface area contributed by atoms with Crippen molar-refractivity contribution in [3.05, 3.63) is 30.3 Å². The zero-order chi connectivity index (χ0) is 7.61. The van der Waals surface area contributed by atoms with Crippen LogP contribution in [0.3, 0.4) is 0 Å². The molecule has 0 saturated heterocycles. The van der Waals surface area contributed by atoms with E-state index in [1.807, 2.05) is 6.07 Å². The van der Waals surface area contributed by atoms with E-state index in [-0.39, 0.29) is 0 Å². The van der Waals surface area contributed by atoms with Crippen LogP contribution < -0.4 is 4.40 Å². The predicted octanol–water partition coefficient (Wildman–Crippen LogP) is -0.323. The monoisotopic (exact) mass is 157 g/mol. The summed E-state index contributed by atoms with van der Waals surface area (Å²) in [5.41, 5.74) is 0. The second-order valence-corrected chi connectivity index (χ2v) is 2.58. The summed E-state index contributed by atoms with van der Waals surface area (Å²) in [6.45, 7) is 0. The van der Waals surface area contributed by atoms with Crippen molar-refractivity contribution in [2.45, 2.75) is 0 Å². The van der Waals surface area contributed by atoms with Gasteiger partial charge in [0.15, 0.2) is 0 Å². The van der Waals surface area contributed by atoms with Crippen LogP contribution in [0, 0.1) is 0 Å². The Kier molecular flexibility index (Phi) is 0.730. The van der Waals surface area contributed by atoms with Crippen molar-refractivity contribution in [1.82, 2.24) is 0 Å². The molecule has 1 rings (SSSR count). The first-order chi connectivity index (χ1) is 4.61. The first-order valence-corrected chi connectivity index (χ1v) is 3.21. The number of hydrogen-bond donors (Lipinski definition) is 0. The molecule has 36 valence electrons. The van der Waals surface area contributed by atoms with Crippen LogP contribution in [0.2, 0.25) is 0 Å². The molecule has 0 aliphatic heterocycles. The summed E-state index contributed by atoms with van der Waals surface area (Å²) in [6.07, 6.45) is 0. The minimum atomic E-state index is -3.75. The van der Waals surface area contributed by atoms with E-state index in [9.17, 15) is 0 Å². The van der Waals surface area contributed by atoms with Gasteiger partial charge >= 0.3 is 53.6 Å². The molecule has 0 aliphatic carbocycles. The summed E-state index contributed by atoms with van der Waals surface area (Å²) in [5.74, 6) is 0. The minimum absolute atomic E-state index is 0.586. The molecule has 0 radical (unpaired) electrons. The van der Waals surface area contributed by atoms with Gasteiger partial charge in [-0.2, -0.15) is 0 Å². The predicted molar refractivity (Wildman–Crippen MR) is 36.0 cm³/mol. The van der Waals surface area contributed by atoms with Crippen molar-refractivity contribution in [1.29, 1.82) is 2.78 Å². The molecule has 0 heterocycles. The molecule has 1 aromatic rings. The molecule has 0 aliphatic rings. The van der Waals surface area contributed by atoms with Gasteiger partial charge in [0.2, 0.25) is 0 Å². The molecule has 0 fully saturated rings. The molecule has 0 unspecified atom stereocenters. The number of benzene rings is 1. The molecule has 0 aromatic heterocycles. The van der Waals surface area contributed by atoms with Crippen LogP contribution >= 0.6 is 0 Å². The maximum atomic E-state index is 7.19. The van der Waals surface area contributed by atoms with Gasteiger partial charge < -0.3 is 0 Å². The fourth-order valence-electron chi connectivity index (χ4n) is 0.438. The van der Waals surface area contributed by atoms with E-state index < -0.39 is 16.1 Å². The Balaban J connectivity index is 2.97. The summed E-state index contributed by atoms with van der Waals surface area (Å²) in [7, 11) is 0. The average molecular weight is 156 g/mol. The Morgan fingerprint density at radius 2 is 2.00 bits per heavy atom. The Labute approximate surface area is 54.3 Å². The number of rotatable bonds is 1. The average Bonchev–Trinajstić information content (AvgIpc) is 1.88. The second kappa shape index (κ2) is 2.17. The molecule has 7 heavy (non-hydrogen) atoms. The van der Waals surface area contributed by atoms with E-state index in [1.165, 1.54) is 0 Å². The normalized spacial score (nSPS) is 16.9. The van der Waals surface area contributed by atoms with Crippen molar-refractivity contribution >= 4 is 20.5 Å². The van der Waals surface area contributed by atoms with E-state index in [0.717, 1.165) is 0 Å². The van der Waals surface area contributed by atoms with E-state index >= 15 is 0 Å². The summed E-state index contributed by atoms with van der Waals surface area (Å²) < 4.78 is 22.2. The Bertz CT molecular complexity index is 204. The van der Waals surface area contributed by atoms with Gasteiger partial charge in [-0.25, -0.2) is 0 Å². The maximum absolute atomic E-state index is 7.19. The van der Waals surface area contributed by atoms with Gasteiger partial charge in [-0.1, -0.05) is 0 Å². The second-order valence-electron chi connectivity index (χ2n) is 1.37. The van der Waals surface area contributed by atoms with E-state index in [4.69, 9.17) is 2.78 Å². The van der Waals surface area contributed by atoms with Crippen molar-refractivity contribution in [2.75, 3.05) is 0 Å². The molecular formula is C6H8Ge. The van der Waals surface area contributed by atoms with Crippen LogP contribution in [0.5, 0.6) is 0 Å². The molecule has 1 aromatic carbocycles. The van der Waals surface area contributed by atoms with Crippen LogP contribution in [-0.4, -0.2) is 18.9 Å². The third-order valence-electron chi connectivity index (χ3n) is 0.774. The van der Waals surface area contributed by atoms with Gasteiger partial charge in [0.25, 0.3) is 0 Å². The van der Waals surface area contributed by atoms with E-state index in [1.54, 1.807) is 24.3 Å². The van der Waals surface area contributed by atoms with Gasteiger partial charge in [0.05, 0.1) is 0 Å². The van der Waals surface area contributed by atoms with E-state index in [2.05, 4.69) is 0 Å². The molecular weight excluding hydrogens is 145 g/mol. The number of hydrogen-bond acceptors (Lipinski definition) is 0. The first kappa shape index (κ1) is 2.36. The molecule has 0 nitrogen and oxygen atoms in total. The fraction of sp³-hybridized carbons (Fsp3) is 0. The van der Waals surface area contributed by atoms with Gasteiger partial charge in [-0.05, 0) is 0 Å². The van der Waals surface area contributed by atoms with Crippen molar-refractivity contribution in [3.63, 3.8) is 0 Å². The molecule has 0 saturated carbocycles. The summed E-state index contributed by atoms with van der Waals surface area (Å²) >= 11 is -3.75. The molecule has 0 bridgehead atoms. The summed E-state index contributed by atoms with van der Waals surface area (Å²) in [5, 5.41) is 0. The summed E-state index contributed by atoms with van der Waals surface area (Å²) in [4.78, 5) is 0. The van der Waals surface area contributed by atoms with Crippen molar-refractivity contribution in [2.24, 2.45) is 0 Å². The van der Waals surface area contributed by atoms with Crippen LogP contribution in [0.4, 0.5) is 0 Å². The zero-order valence-electron chi connectivity index (χ0n) is 6.89. The van der Waals surface area contributed by atoms with Crippen molar-refractivity contribution < 1.29 is 0 Å². The molecule has 0 amide bonds.